The van der Waals surface area contributed by atoms with Crippen LogP contribution in [-0.4, -0.2) is 24.9 Å². The number of hydrogen-bond acceptors (Lipinski definition) is 5. The first-order chi connectivity index (χ1) is 13.1. The molecule has 3 aromatic rings. The van der Waals surface area contributed by atoms with E-state index in [2.05, 4.69) is 5.32 Å². The van der Waals surface area contributed by atoms with Crippen molar-refractivity contribution in [2.24, 2.45) is 0 Å². The Kier molecular flexibility index (Phi) is 5.98. The molecule has 27 heavy (non-hydrogen) atoms. The molecule has 138 valence electrons. The lowest BCUT2D eigenvalue weighted by Crippen LogP contribution is -2.16. The van der Waals surface area contributed by atoms with Gasteiger partial charge in [0, 0.05) is 16.5 Å². The van der Waals surface area contributed by atoms with Crippen LogP contribution < -0.4 is 5.32 Å². The molecule has 0 amide bonds. The highest BCUT2D eigenvalue weighted by molar-refractivity contribution is 7.15. The summed E-state index contributed by atoms with van der Waals surface area (Å²) in [6, 6.07) is 14.9. The molecule has 6 heteroatoms. The maximum atomic E-state index is 13.0. The van der Waals surface area contributed by atoms with Gasteiger partial charge < -0.3 is 10.1 Å². The maximum absolute atomic E-state index is 13.0. The average Bonchev–Trinajstić information content (AvgIpc) is 3.11. The van der Waals surface area contributed by atoms with Crippen LogP contribution in [0.25, 0.3) is 11.1 Å². The van der Waals surface area contributed by atoms with Gasteiger partial charge in [-0.15, -0.1) is 11.3 Å². The first kappa shape index (κ1) is 18.8. The van der Waals surface area contributed by atoms with Crippen LogP contribution in [0.15, 0.2) is 60.0 Å². The standard InChI is InChI=1S/C21H18FNO3S/c1-2-26-21(25)19-17(14-6-4-3-5-7-14)13-27-20(19)23-12-18(24)15-8-10-16(22)11-9-15/h3-11,13,23H,2,12H2,1H3. The van der Waals surface area contributed by atoms with Gasteiger partial charge in [-0.1, -0.05) is 30.3 Å². The third-order valence-electron chi connectivity index (χ3n) is 3.93. The maximum Gasteiger partial charge on any atom is 0.341 e. The number of ether oxygens (including phenoxy) is 1. The summed E-state index contributed by atoms with van der Waals surface area (Å²) in [6.45, 7) is 2.00. The number of benzene rings is 2. The zero-order valence-electron chi connectivity index (χ0n) is 14.7. The van der Waals surface area contributed by atoms with Gasteiger partial charge in [-0.05, 0) is 36.8 Å². The number of halogens is 1. The van der Waals surface area contributed by atoms with Crippen molar-refractivity contribution in [1.29, 1.82) is 0 Å². The molecule has 0 spiro atoms. The van der Waals surface area contributed by atoms with Crippen LogP contribution >= 0.6 is 11.3 Å². The lowest BCUT2D eigenvalue weighted by Gasteiger charge is -2.09. The normalized spacial score (nSPS) is 10.4. The topological polar surface area (TPSA) is 55.4 Å². The van der Waals surface area contributed by atoms with Crippen LogP contribution in [0.2, 0.25) is 0 Å². The van der Waals surface area contributed by atoms with Crippen molar-refractivity contribution in [1.82, 2.24) is 0 Å². The summed E-state index contributed by atoms with van der Waals surface area (Å²) in [7, 11) is 0. The van der Waals surface area contributed by atoms with E-state index in [1.807, 2.05) is 35.7 Å². The third kappa shape index (κ3) is 4.41. The van der Waals surface area contributed by atoms with Gasteiger partial charge >= 0.3 is 5.97 Å². The van der Waals surface area contributed by atoms with E-state index < -0.39 is 11.8 Å². The fourth-order valence-corrected chi connectivity index (χ4v) is 3.58. The lowest BCUT2D eigenvalue weighted by atomic mass is 10.0. The summed E-state index contributed by atoms with van der Waals surface area (Å²) in [5.41, 5.74) is 2.48. The van der Waals surface area contributed by atoms with Crippen LogP contribution in [0.4, 0.5) is 9.39 Å². The largest absolute Gasteiger partial charge is 0.462 e. The molecule has 2 aromatic carbocycles. The summed E-state index contributed by atoms with van der Waals surface area (Å²) < 4.78 is 18.2. The Morgan fingerprint density at radius 2 is 1.78 bits per heavy atom. The van der Waals surface area contributed by atoms with Crippen LogP contribution in [0.3, 0.4) is 0 Å². The molecule has 0 aliphatic rings. The number of ketones is 1. The van der Waals surface area contributed by atoms with Gasteiger partial charge in [0.25, 0.3) is 0 Å². The van der Waals surface area contributed by atoms with Crippen molar-refractivity contribution in [3.8, 4) is 11.1 Å². The number of carbonyl (C=O) groups excluding carboxylic acids is 2. The predicted octanol–water partition coefficient (Wildman–Crippen LogP) is 5.03. The highest BCUT2D eigenvalue weighted by Crippen LogP contribution is 2.36. The van der Waals surface area contributed by atoms with Gasteiger partial charge in [0.2, 0.25) is 0 Å². The molecule has 1 N–H and O–H groups in total. The smallest absolute Gasteiger partial charge is 0.341 e. The van der Waals surface area contributed by atoms with Crippen LogP contribution in [0.1, 0.15) is 27.6 Å². The van der Waals surface area contributed by atoms with E-state index in [1.54, 1.807) is 6.92 Å². The lowest BCUT2D eigenvalue weighted by molar-refractivity contribution is 0.0528. The van der Waals surface area contributed by atoms with Gasteiger partial charge in [0.15, 0.2) is 5.78 Å². The Hall–Kier alpha value is -2.99. The second-order valence-electron chi connectivity index (χ2n) is 5.72. The van der Waals surface area contributed by atoms with E-state index in [0.717, 1.165) is 11.1 Å². The number of nitrogens with one attached hydrogen (secondary N) is 1. The molecule has 0 saturated carbocycles. The minimum atomic E-state index is -0.436. The van der Waals surface area contributed by atoms with Gasteiger partial charge in [-0.3, -0.25) is 4.79 Å². The van der Waals surface area contributed by atoms with Crippen molar-refractivity contribution in [3.63, 3.8) is 0 Å². The van der Waals surface area contributed by atoms with Crippen LogP contribution in [-0.2, 0) is 4.74 Å². The molecule has 0 unspecified atom stereocenters. The number of rotatable bonds is 7. The van der Waals surface area contributed by atoms with Crippen LogP contribution in [0, 0.1) is 5.82 Å². The van der Waals surface area contributed by atoms with Gasteiger partial charge in [0.05, 0.1) is 13.2 Å². The quantitative estimate of drug-likeness (QED) is 0.459. The summed E-state index contributed by atoms with van der Waals surface area (Å²) in [6.07, 6.45) is 0. The average molecular weight is 383 g/mol. The summed E-state index contributed by atoms with van der Waals surface area (Å²) in [5.74, 6) is -1.02. The van der Waals surface area contributed by atoms with E-state index in [4.69, 9.17) is 4.74 Å². The summed E-state index contributed by atoms with van der Waals surface area (Å²) >= 11 is 1.34. The third-order valence-corrected chi connectivity index (χ3v) is 4.87. The molecule has 4 nitrogen and oxygen atoms in total. The van der Waals surface area contributed by atoms with Crippen molar-refractivity contribution in [3.05, 3.63) is 76.9 Å². The molecule has 0 radical (unpaired) electrons. The molecular formula is C21H18FNO3S. The summed E-state index contributed by atoms with van der Waals surface area (Å²) in [4.78, 5) is 24.8. The highest BCUT2D eigenvalue weighted by atomic mass is 32.1. The molecule has 1 heterocycles. The number of hydrogen-bond donors (Lipinski definition) is 1. The van der Waals surface area contributed by atoms with E-state index in [9.17, 15) is 14.0 Å². The fraction of sp³-hybridized carbons (Fsp3) is 0.143. The van der Waals surface area contributed by atoms with Gasteiger partial charge in [-0.25, -0.2) is 9.18 Å². The summed E-state index contributed by atoms with van der Waals surface area (Å²) in [5, 5.41) is 5.47. The first-order valence-electron chi connectivity index (χ1n) is 8.46. The Morgan fingerprint density at radius 1 is 1.07 bits per heavy atom. The Bertz CT molecular complexity index is 936. The predicted molar refractivity (Wildman–Crippen MR) is 105 cm³/mol. The van der Waals surface area contributed by atoms with Gasteiger partial charge in [0.1, 0.15) is 16.4 Å². The van der Waals surface area contributed by atoms with E-state index >= 15 is 0 Å². The second-order valence-corrected chi connectivity index (χ2v) is 6.60. The zero-order chi connectivity index (χ0) is 19.2. The molecule has 0 aliphatic carbocycles. The Morgan fingerprint density at radius 3 is 2.44 bits per heavy atom. The second kappa shape index (κ2) is 8.60. The molecule has 0 aliphatic heterocycles. The van der Waals surface area contributed by atoms with Crippen molar-refractivity contribution in [2.75, 3.05) is 18.5 Å². The molecule has 0 fully saturated rings. The molecule has 0 saturated heterocycles. The Balaban J connectivity index is 1.84. The molecule has 1 aromatic heterocycles. The van der Waals surface area contributed by atoms with E-state index in [-0.39, 0.29) is 18.9 Å². The van der Waals surface area contributed by atoms with Crippen LogP contribution in [0.5, 0.6) is 0 Å². The van der Waals surface area contributed by atoms with Crippen molar-refractivity contribution < 1.29 is 18.7 Å². The number of carbonyl (C=O) groups is 2. The molecule has 3 rings (SSSR count). The number of esters is 1. The molecule has 0 atom stereocenters. The number of thiophene rings is 1. The minimum absolute atomic E-state index is 0.00716. The SMILES string of the molecule is CCOC(=O)c1c(-c2ccccc2)csc1NCC(=O)c1ccc(F)cc1. The monoisotopic (exact) mass is 383 g/mol. The molecule has 0 bridgehead atoms. The zero-order valence-corrected chi connectivity index (χ0v) is 15.5. The minimum Gasteiger partial charge on any atom is -0.462 e. The number of Topliss-reactive ketones (excluding diaryl/α,β-unsaturated/α-hetero) is 1. The molecular weight excluding hydrogens is 365 g/mol. The van der Waals surface area contributed by atoms with E-state index in [1.165, 1.54) is 35.6 Å². The first-order valence-corrected chi connectivity index (χ1v) is 9.34. The van der Waals surface area contributed by atoms with Crippen molar-refractivity contribution in [2.45, 2.75) is 6.92 Å². The van der Waals surface area contributed by atoms with E-state index in [0.29, 0.717) is 16.1 Å². The highest BCUT2D eigenvalue weighted by Gasteiger charge is 2.22. The Labute approximate surface area is 160 Å². The van der Waals surface area contributed by atoms with Gasteiger partial charge in [-0.2, -0.15) is 0 Å². The van der Waals surface area contributed by atoms with Crippen molar-refractivity contribution >= 4 is 28.1 Å². The fourth-order valence-electron chi connectivity index (χ4n) is 2.62. The number of anilines is 1.